The smallest absolute Gasteiger partial charge is 0.240 e. The minimum absolute atomic E-state index is 0.0226. The van der Waals surface area contributed by atoms with E-state index in [-0.39, 0.29) is 29.8 Å². The Kier molecular flexibility index (Phi) is 5.61. The van der Waals surface area contributed by atoms with Gasteiger partial charge in [-0.1, -0.05) is 30.5 Å². The van der Waals surface area contributed by atoms with Crippen LogP contribution in [0.3, 0.4) is 0 Å². The summed E-state index contributed by atoms with van der Waals surface area (Å²) in [6.07, 6.45) is 4.05. The molecule has 7 heteroatoms. The molecule has 1 fully saturated rings. The average Bonchev–Trinajstić information content (AvgIpc) is 2.97. The molecule has 0 aromatic heterocycles. The summed E-state index contributed by atoms with van der Waals surface area (Å²) in [6.45, 7) is 0.447. The van der Waals surface area contributed by atoms with Crippen LogP contribution in [0.25, 0.3) is 0 Å². The molecular weight excluding hydrogens is 312 g/mol. The first-order valence-electron chi connectivity index (χ1n) is 7.02. The minimum atomic E-state index is -3.59. The second kappa shape index (κ2) is 7.24. The summed E-state index contributed by atoms with van der Waals surface area (Å²) in [5, 5.41) is 3.14. The Balaban J connectivity index is 1.78. The van der Waals surface area contributed by atoms with Gasteiger partial charge in [-0.3, -0.25) is 4.79 Å². The molecule has 0 heterocycles. The maximum absolute atomic E-state index is 12.0. The number of hydrogen-bond acceptors (Lipinski definition) is 3. The van der Waals surface area contributed by atoms with Gasteiger partial charge in [0.1, 0.15) is 0 Å². The molecule has 116 valence electrons. The highest BCUT2D eigenvalue weighted by atomic mass is 35.5. The predicted octanol–water partition coefficient (Wildman–Crippen LogP) is 1.92. The van der Waals surface area contributed by atoms with Crippen molar-refractivity contribution >= 4 is 27.5 Å². The van der Waals surface area contributed by atoms with Crippen molar-refractivity contribution in [2.75, 3.05) is 13.1 Å². The molecule has 0 atom stereocenters. The highest BCUT2D eigenvalue weighted by molar-refractivity contribution is 7.89. The predicted molar refractivity (Wildman–Crippen MR) is 81.6 cm³/mol. The lowest BCUT2D eigenvalue weighted by atomic mass is 10.1. The van der Waals surface area contributed by atoms with Crippen LogP contribution in [-0.2, 0) is 14.8 Å². The van der Waals surface area contributed by atoms with Crippen molar-refractivity contribution in [2.45, 2.75) is 30.6 Å². The van der Waals surface area contributed by atoms with E-state index in [0.717, 1.165) is 25.7 Å². The van der Waals surface area contributed by atoms with Crippen LogP contribution >= 0.6 is 11.6 Å². The van der Waals surface area contributed by atoms with Gasteiger partial charge in [0.25, 0.3) is 0 Å². The molecule has 5 nitrogen and oxygen atoms in total. The molecule has 1 saturated carbocycles. The summed E-state index contributed by atoms with van der Waals surface area (Å²) >= 11 is 5.78. The van der Waals surface area contributed by atoms with Gasteiger partial charge in [0.05, 0.1) is 4.90 Å². The summed E-state index contributed by atoms with van der Waals surface area (Å²) in [7, 11) is -3.59. The number of sulfonamides is 1. The first-order valence-corrected chi connectivity index (χ1v) is 8.88. The summed E-state index contributed by atoms with van der Waals surface area (Å²) < 4.78 is 26.5. The molecular formula is C14H19ClN2O3S. The molecule has 0 spiro atoms. The standard InChI is InChI=1S/C14H19ClN2O3S/c15-12-6-3-7-13(10-12)21(19,20)17-9-8-16-14(18)11-4-1-2-5-11/h3,6-7,10-11,17H,1-2,4-5,8-9H2,(H,16,18). The van der Waals surface area contributed by atoms with E-state index < -0.39 is 10.0 Å². The average molecular weight is 331 g/mol. The summed E-state index contributed by atoms with van der Waals surface area (Å²) in [6, 6.07) is 6.06. The number of halogens is 1. The Morgan fingerprint density at radius 1 is 1.24 bits per heavy atom. The summed E-state index contributed by atoms with van der Waals surface area (Å²) in [4.78, 5) is 11.9. The number of carbonyl (C=O) groups excluding carboxylic acids is 1. The Hall–Kier alpha value is -1.11. The molecule has 0 unspecified atom stereocenters. The van der Waals surface area contributed by atoms with Crippen LogP contribution in [0.15, 0.2) is 29.2 Å². The SMILES string of the molecule is O=C(NCCNS(=O)(=O)c1cccc(Cl)c1)C1CCCC1. The molecule has 2 N–H and O–H groups in total. The van der Waals surface area contributed by atoms with Gasteiger partial charge < -0.3 is 5.32 Å². The van der Waals surface area contributed by atoms with E-state index in [4.69, 9.17) is 11.6 Å². The van der Waals surface area contributed by atoms with Crippen LogP contribution in [0.5, 0.6) is 0 Å². The first kappa shape index (κ1) is 16.3. The minimum Gasteiger partial charge on any atom is -0.355 e. The lowest BCUT2D eigenvalue weighted by Gasteiger charge is -2.11. The fourth-order valence-electron chi connectivity index (χ4n) is 2.42. The molecule has 1 aromatic carbocycles. The zero-order valence-corrected chi connectivity index (χ0v) is 13.2. The highest BCUT2D eigenvalue weighted by Crippen LogP contribution is 2.24. The van der Waals surface area contributed by atoms with E-state index in [9.17, 15) is 13.2 Å². The molecule has 0 radical (unpaired) electrons. The molecule has 2 rings (SSSR count). The maximum atomic E-state index is 12.0. The van der Waals surface area contributed by atoms with Gasteiger partial charge in [0.2, 0.25) is 15.9 Å². The van der Waals surface area contributed by atoms with Crippen LogP contribution < -0.4 is 10.0 Å². The molecule has 1 aliphatic rings. The number of benzene rings is 1. The van der Waals surface area contributed by atoms with E-state index in [1.54, 1.807) is 12.1 Å². The van der Waals surface area contributed by atoms with Gasteiger partial charge in [0.15, 0.2) is 0 Å². The maximum Gasteiger partial charge on any atom is 0.240 e. The van der Waals surface area contributed by atoms with Gasteiger partial charge >= 0.3 is 0 Å². The van der Waals surface area contributed by atoms with Crippen molar-refractivity contribution in [2.24, 2.45) is 5.92 Å². The number of carbonyl (C=O) groups is 1. The van der Waals surface area contributed by atoms with Crippen LogP contribution in [0.1, 0.15) is 25.7 Å². The second-order valence-corrected chi connectivity index (χ2v) is 7.33. The number of rotatable bonds is 6. The van der Waals surface area contributed by atoms with Crippen LogP contribution in [0, 0.1) is 5.92 Å². The lowest BCUT2D eigenvalue weighted by molar-refractivity contribution is -0.124. The van der Waals surface area contributed by atoms with Gasteiger partial charge in [-0.15, -0.1) is 0 Å². The molecule has 1 amide bonds. The van der Waals surface area contributed by atoms with E-state index >= 15 is 0 Å². The van der Waals surface area contributed by atoms with E-state index in [1.807, 2.05) is 0 Å². The molecule has 0 bridgehead atoms. The van der Waals surface area contributed by atoms with E-state index in [2.05, 4.69) is 10.0 Å². The van der Waals surface area contributed by atoms with Gasteiger partial charge in [-0.2, -0.15) is 0 Å². The highest BCUT2D eigenvalue weighted by Gasteiger charge is 2.22. The topological polar surface area (TPSA) is 75.3 Å². The normalized spacial score (nSPS) is 16.0. The molecule has 0 saturated heterocycles. The van der Waals surface area contributed by atoms with E-state index in [1.165, 1.54) is 12.1 Å². The first-order chi connectivity index (χ1) is 9.99. The Labute approximate surface area is 130 Å². The monoisotopic (exact) mass is 330 g/mol. The number of nitrogens with one attached hydrogen (secondary N) is 2. The van der Waals surface area contributed by atoms with Crippen molar-refractivity contribution in [1.82, 2.24) is 10.0 Å². The van der Waals surface area contributed by atoms with Gasteiger partial charge in [-0.25, -0.2) is 13.1 Å². The third-order valence-electron chi connectivity index (χ3n) is 3.55. The van der Waals surface area contributed by atoms with Crippen LogP contribution in [0.4, 0.5) is 0 Å². The van der Waals surface area contributed by atoms with Crippen molar-refractivity contribution in [3.05, 3.63) is 29.3 Å². The molecule has 0 aliphatic heterocycles. The zero-order chi connectivity index (χ0) is 15.3. The fraction of sp³-hybridized carbons (Fsp3) is 0.500. The van der Waals surface area contributed by atoms with E-state index in [0.29, 0.717) is 5.02 Å². The van der Waals surface area contributed by atoms with Gasteiger partial charge in [0, 0.05) is 24.0 Å². The Bertz CT molecular complexity index is 598. The molecule has 21 heavy (non-hydrogen) atoms. The third kappa shape index (κ3) is 4.69. The van der Waals surface area contributed by atoms with Crippen molar-refractivity contribution in [3.63, 3.8) is 0 Å². The van der Waals surface area contributed by atoms with Crippen molar-refractivity contribution in [1.29, 1.82) is 0 Å². The summed E-state index contributed by atoms with van der Waals surface area (Å²) in [5.74, 6) is 0.115. The second-order valence-electron chi connectivity index (χ2n) is 5.13. The quantitative estimate of drug-likeness (QED) is 0.782. The zero-order valence-electron chi connectivity index (χ0n) is 11.6. The van der Waals surface area contributed by atoms with Gasteiger partial charge in [-0.05, 0) is 31.0 Å². The largest absolute Gasteiger partial charge is 0.355 e. The van der Waals surface area contributed by atoms with Crippen molar-refractivity contribution in [3.8, 4) is 0 Å². The summed E-state index contributed by atoms with van der Waals surface area (Å²) in [5.41, 5.74) is 0. The molecule has 1 aliphatic carbocycles. The number of hydrogen-bond donors (Lipinski definition) is 2. The molecule has 1 aromatic rings. The van der Waals surface area contributed by atoms with Crippen LogP contribution in [0.2, 0.25) is 5.02 Å². The Morgan fingerprint density at radius 2 is 1.95 bits per heavy atom. The fourth-order valence-corrected chi connectivity index (χ4v) is 3.75. The third-order valence-corrected chi connectivity index (χ3v) is 5.24. The number of amides is 1. The van der Waals surface area contributed by atoms with Crippen molar-refractivity contribution < 1.29 is 13.2 Å². The lowest BCUT2D eigenvalue weighted by Crippen LogP contribution is -2.37. The Morgan fingerprint density at radius 3 is 2.62 bits per heavy atom. The van der Waals surface area contributed by atoms with Crippen LogP contribution in [-0.4, -0.2) is 27.4 Å².